The fourth-order valence-electron chi connectivity index (χ4n) is 5.54. The molecule has 0 radical (unpaired) electrons. The molecule has 2 fully saturated rings. The highest BCUT2D eigenvalue weighted by Crippen LogP contribution is 2.39. The number of hydrogen-bond acceptors (Lipinski definition) is 3. The smallest absolute Gasteiger partial charge is 0.218 e. The van der Waals surface area contributed by atoms with Crippen LogP contribution in [0, 0.1) is 0 Å². The fraction of sp³-hybridized carbons (Fsp3) is 0.357. The quantitative estimate of drug-likeness (QED) is 0.500. The Kier molecular flexibility index (Phi) is 6.37. The number of sulfonamides is 1. The van der Waals surface area contributed by atoms with Crippen molar-refractivity contribution in [2.45, 2.75) is 43.5 Å². The zero-order chi connectivity index (χ0) is 22.7. The summed E-state index contributed by atoms with van der Waals surface area (Å²) in [4.78, 5) is 2.55. The second-order valence-corrected chi connectivity index (χ2v) is 11.5. The predicted molar refractivity (Wildman–Crippen MR) is 134 cm³/mol. The second kappa shape index (κ2) is 9.41. The summed E-state index contributed by atoms with van der Waals surface area (Å²) in [6, 6.07) is 28.8. The molecular weight excluding hydrogens is 428 g/mol. The molecular formula is C28H32N2O2S. The van der Waals surface area contributed by atoms with E-state index < -0.39 is 10.0 Å². The Morgan fingerprint density at radius 2 is 1.30 bits per heavy atom. The molecule has 0 aliphatic carbocycles. The van der Waals surface area contributed by atoms with Crippen molar-refractivity contribution in [3.05, 3.63) is 96.1 Å². The SMILES string of the molecule is O=S(=O)(Cc1ccccc1)N1CCCC2(CCCN2Cc2ccc(-c3ccccc3)cc2)C1. The second-order valence-electron chi connectivity index (χ2n) is 9.49. The molecule has 1 unspecified atom stereocenters. The van der Waals surface area contributed by atoms with Crippen LogP contribution >= 0.6 is 0 Å². The molecule has 0 bridgehead atoms. The molecule has 0 amide bonds. The van der Waals surface area contributed by atoms with E-state index in [4.69, 9.17) is 0 Å². The monoisotopic (exact) mass is 460 g/mol. The minimum absolute atomic E-state index is 0.0416. The summed E-state index contributed by atoms with van der Waals surface area (Å²) >= 11 is 0. The minimum atomic E-state index is -3.33. The van der Waals surface area contributed by atoms with E-state index in [1.54, 1.807) is 4.31 Å². The Morgan fingerprint density at radius 3 is 2.00 bits per heavy atom. The van der Waals surface area contributed by atoms with E-state index in [1.165, 1.54) is 16.7 Å². The molecule has 172 valence electrons. The van der Waals surface area contributed by atoms with Gasteiger partial charge in [0.1, 0.15) is 0 Å². The van der Waals surface area contributed by atoms with Crippen LogP contribution in [0.25, 0.3) is 11.1 Å². The van der Waals surface area contributed by atoms with Gasteiger partial charge in [0.05, 0.1) is 5.75 Å². The van der Waals surface area contributed by atoms with E-state index >= 15 is 0 Å². The van der Waals surface area contributed by atoms with E-state index in [0.29, 0.717) is 13.1 Å². The van der Waals surface area contributed by atoms with Crippen molar-refractivity contribution in [1.29, 1.82) is 0 Å². The van der Waals surface area contributed by atoms with Crippen molar-refractivity contribution in [1.82, 2.24) is 9.21 Å². The largest absolute Gasteiger partial charge is 0.292 e. The Hall–Kier alpha value is -2.47. The first kappa shape index (κ1) is 22.3. The lowest BCUT2D eigenvalue weighted by atomic mass is 9.87. The first-order chi connectivity index (χ1) is 16.0. The third kappa shape index (κ3) is 4.91. The molecule has 1 spiro atoms. The van der Waals surface area contributed by atoms with Crippen LogP contribution in [0.15, 0.2) is 84.9 Å². The molecule has 1 atom stereocenters. The standard InChI is InChI=1S/C28H32N2O2S/c31-33(32,22-25-9-3-1-4-10-25)30-20-8-18-28(23-30)17-7-19-29(28)21-24-13-15-27(16-14-24)26-11-5-2-6-12-26/h1-6,9-16H,7-8,17-23H2. The molecule has 2 saturated heterocycles. The van der Waals surface area contributed by atoms with Crippen LogP contribution in [0.1, 0.15) is 36.8 Å². The highest BCUT2D eigenvalue weighted by molar-refractivity contribution is 7.88. The Bertz CT molecular complexity index is 1160. The molecule has 5 heteroatoms. The van der Waals surface area contributed by atoms with Gasteiger partial charge in [0.25, 0.3) is 0 Å². The molecule has 0 saturated carbocycles. The van der Waals surface area contributed by atoms with Crippen molar-refractivity contribution in [3.8, 4) is 11.1 Å². The zero-order valence-corrected chi connectivity index (χ0v) is 19.9. The first-order valence-corrected chi connectivity index (χ1v) is 13.6. The number of piperidine rings is 1. The summed E-state index contributed by atoms with van der Waals surface area (Å²) in [5.41, 5.74) is 4.57. The molecule has 4 nitrogen and oxygen atoms in total. The average Bonchev–Trinajstić information content (AvgIpc) is 3.21. The fourth-order valence-corrected chi connectivity index (χ4v) is 7.18. The van der Waals surface area contributed by atoms with Crippen LogP contribution in [0.2, 0.25) is 0 Å². The number of benzene rings is 3. The molecule has 2 aliphatic rings. The van der Waals surface area contributed by atoms with E-state index in [9.17, 15) is 8.42 Å². The van der Waals surface area contributed by atoms with Gasteiger partial charge in [-0.15, -0.1) is 0 Å². The summed E-state index contributed by atoms with van der Waals surface area (Å²) in [5.74, 6) is 0.0882. The van der Waals surface area contributed by atoms with Gasteiger partial charge in [-0.25, -0.2) is 8.42 Å². The number of likely N-dealkylation sites (tertiary alicyclic amines) is 1. The molecule has 0 N–H and O–H groups in total. The maximum Gasteiger partial charge on any atom is 0.218 e. The molecule has 5 rings (SSSR count). The van der Waals surface area contributed by atoms with Gasteiger partial charge in [-0.3, -0.25) is 4.90 Å². The molecule has 3 aromatic rings. The van der Waals surface area contributed by atoms with E-state index in [-0.39, 0.29) is 11.3 Å². The van der Waals surface area contributed by atoms with Crippen LogP contribution in [-0.2, 0) is 22.3 Å². The lowest BCUT2D eigenvalue weighted by Gasteiger charge is -2.45. The van der Waals surface area contributed by atoms with Gasteiger partial charge >= 0.3 is 0 Å². The zero-order valence-electron chi connectivity index (χ0n) is 19.1. The first-order valence-electron chi connectivity index (χ1n) is 12.0. The van der Waals surface area contributed by atoms with E-state index in [2.05, 4.69) is 53.4 Å². The van der Waals surface area contributed by atoms with Crippen molar-refractivity contribution in [3.63, 3.8) is 0 Å². The van der Waals surface area contributed by atoms with Crippen molar-refractivity contribution < 1.29 is 8.42 Å². The highest BCUT2D eigenvalue weighted by Gasteiger charge is 2.46. The Balaban J connectivity index is 1.30. The van der Waals surface area contributed by atoms with Crippen molar-refractivity contribution in [2.75, 3.05) is 19.6 Å². The average molecular weight is 461 g/mol. The number of hydrogen-bond donors (Lipinski definition) is 0. The van der Waals surface area contributed by atoms with Gasteiger partial charge < -0.3 is 0 Å². The van der Waals surface area contributed by atoms with Crippen molar-refractivity contribution in [2.24, 2.45) is 0 Å². The predicted octanol–water partition coefficient (Wildman–Crippen LogP) is 5.31. The van der Waals surface area contributed by atoms with Gasteiger partial charge in [-0.1, -0.05) is 84.9 Å². The van der Waals surface area contributed by atoms with E-state index in [0.717, 1.165) is 44.3 Å². The normalized spacial score (nSPS) is 22.1. The van der Waals surface area contributed by atoms with Gasteiger partial charge in [0, 0.05) is 25.2 Å². The molecule has 0 aromatic heterocycles. The summed E-state index contributed by atoms with van der Waals surface area (Å²) in [6.45, 7) is 3.16. The third-order valence-electron chi connectivity index (χ3n) is 7.28. The van der Waals surface area contributed by atoms with Gasteiger partial charge in [-0.2, -0.15) is 4.31 Å². The topological polar surface area (TPSA) is 40.6 Å². The molecule has 2 aliphatic heterocycles. The maximum atomic E-state index is 13.2. The summed E-state index contributed by atoms with van der Waals surface area (Å²) in [7, 11) is -3.33. The van der Waals surface area contributed by atoms with Gasteiger partial charge in [0.2, 0.25) is 10.0 Å². The van der Waals surface area contributed by atoms with Crippen LogP contribution in [0.3, 0.4) is 0 Å². The molecule has 2 heterocycles. The minimum Gasteiger partial charge on any atom is -0.292 e. The van der Waals surface area contributed by atoms with Gasteiger partial charge in [-0.05, 0) is 54.5 Å². The maximum absolute atomic E-state index is 13.2. The summed E-state index contributed by atoms with van der Waals surface area (Å²) in [6.07, 6.45) is 4.21. The Labute approximate surface area is 197 Å². The van der Waals surface area contributed by atoms with Crippen LogP contribution < -0.4 is 0 Å². The van der Waals surface area contributed by atoms with Crippen molar-refractivity contribution >= 4 is 10.0 Å². The third-order valence-corrected chi connectivity index (χ3v) is 9.08. The van der Waals surface area contributed by atoms with Gasteiger partial charge in [0.15, 0.2) is 0 Å². The van der Waals surface area contributed by atoms with E-state index in [1.807, 2.05) is 36.4 Å². The molecule has 3 aromatic carbocycles. The number of nitrogens with zero attached hydrogens (tertiary/aromatic N) is 2. The van der Waals surface area contributed by atoms with Crippen LogP contribution in [0.4, 0.5) is 0 Å². The molecule has 33 heavy (non-hydrogen) atoms. The van der Waals surface area contributed by atoms with Crippen LogP contribution in [-0.4, -0.2) is 42.8 Å². The summed E-state index contributed by atoms with van der Waals surface area (Å²) < 4.78 is 28.2. The highest BCUT2D eigenvalue weighted by atomic mass is 32.2. The lowest BCUT2D eigenvalue weighted by molar-refractivity contribution is 0.0678. The lowest BCUT2D eigenvalue weighted by Crippen LogP contribution is -2.56. The van der Waals surface area contributed by atoms with Crippen LogP contribution in [0.5, 0.6) is 0 Å². The Morgan fingerprint density at radius 1 is 0.697 bits per heavy atom. The summed E-state index contributed by atoms with van der Waals surface area (Å²) in [5, 5.41) is 0. The number of rotatable bonds is 6.